The van der Waals surface area contributed by atoms with Gasteiger partial charge in [-0.15, -0.1) is 0 Å². The number of carbonyl (C=O) groups excluding carboxylic acids is 3. The molecule has 1 N–H and O–H groups in total. The van der Waals surface area contributed by atoms with Crippen LogP contribution < -0.4 is 0 Å². The lowest BCUT2D eigenvalue weighted by atomic mass is 9.33. The van der Waals surface area contributed by atoms with Gasteiger partial charge in [0.15, 0.2) is 11.6 Å². The minimum atomic E-state index is -0.940. The molecule has 0 aromatic heterocycles. The lowest BCUT2D eigenvalue weighted by Crippen LogP contribution is -2.67. The second kappa shape index (κ2) is 7.44. The molecule has 6 nitrogen and oxygen atoms in total. The Morgan fingerprint density at radius 2 is 1.67 bits per heavy atom. The monoisotopic (exact) mass is 535 g/mol. The molecular weight excluding hydrogens is 490 g/mol. The molecule has 0 spiro atoms. The summed E-state index contributed by atoms with van der Waals surface area (Å²) in [7, 11) is 1.42. The van der Waals surface area contributed by atoms with Crippen LogP contribution in [0.3, 0.4) is 0 Å². The number of fused-ring (bicyclic) bond motifs is 9. The predicted octanol–water partition coefficient (Wildman–Crippen LogP) is 5.43. The first-order valence-corrected chi connectivity index (χ1v) is 14.9. The Bertz CT molecular complexity index is 1270. The number of aliphatic hydroxyl groups excluding tert-OH is 1. The molecule has 39 heavy (non-hydrogen) atoms. The van der Waals surface area contributed by atoms with Crippen molar-refractivity contribution in [3.8, 4) is 6.07 Å². The molecule has 5 fully saturated rings. The summed E-state index contributed by atoms with van der Waals surface area (Å²) in [6, 6.07) is 2.44. The molecule has 6 aliphatic carbocycles. The van der Waals surface area contributed by atoms with Crippen LogP contribution >= 0.6 is 0 Å². The first kappa shape index (κ1) is 27.2. The van der Waals surface area contributed by atoms with Gasteiger partial charge in [0, 0.05) is 11.3 Å². The summed E-state index contributed by atoms with van der Waals surface area (Å²) in [6.45, 7) is 15.0. The zero-order valence-corrected chi connectivity index (χ0v) is 24.9. The highest BCUT2D eigenvalue weighted by molar-refractivity contribution is 5.99. The molecule has 0 aromatic carbocycles. The topological polar surface area (TPSA) is 104 Å². The Morgan fingerprint density at radius 1 is 1.00 bits per heavy atom. The number of hydrogen-bond acceptors (Lipinski definition) is 6. The highest BCUT2D eigenvalue weighted by Crippen LogP contribution is 2.81. The van der Waals surface area contributed by atoms with E-state index >= 15 is 0 Å². The van der Waals surface area contributed by atoms with Crippen molar-refractivity contribution in [2.24, 2.45) is 61.6 Å². The SMILES string of the molecule is COC(=O)[C@@]12CC[C@]3(C)[C@H](C(=O)C=C4[C@@]5(C)[C@H]6C[C@@]6(C#N)C(=O)C(C)(C)[C@@H]5CC[C@]43C)[C@@H]1CC(C)(C)[C@@H](O)C2. The average Bonchev–Trinajstić information content (AvgIpc) is 3.62. The summed E-state index contributed by atoms with van der Waals surface area (Å²) in [6.07, 6.45) is 5.84. The van der Waals surface area contributed by atoms with Crippen molar-refractivity contribution >= 4 is 17.5 Å². The maximum absolute atomic E-state index is 14.5. The third-order valence-corrected chi connectivity index (χ3v) is 14.1. The van der Waals surface area contributed by atoms with Crippen LogP contribution in [0.4, 0.5) is 0 Å². The van der Waals surface area contributed by atoms with Gasteiger partial charge < -0.3 is 9.84 Å². The summed E-state index contributed by atoms with van der Waals surface area (Å²) < 4.78 is 5.37. The van der Waals surface area contributed by atoms with E-state index in [1.54, 1.807) is 0 Å². The molecule has 0 amide bonds. The van der Waals surface area contributed by atoms with Gasteiger partial charge in [-0.1, -0.05) is 54.0 Å². The number of Topliss-reactive ketones (excluding diaryl/α,β-unsaturated/α-hetero) is 1. The predicted molar refractivity (Wildman–Crippen MR) is 145 cm³/mol. The number of hydrogen-bond donors (Lipinski definition) is 1. The maximum atomic E-state index is 14.5. The normalized spacial score (nSPS) is 52.5. The van der Waals surface area contributed by atoms with Crippen molar-refractivity contribution in [1.29, 1.82) is 5.26 Å². The van der Waals surface area contributed by atoms with E-state index < -0.39 is 33.2 Å². The second-order valence-corrected chi connectivity index (χ2v) is 16.1. The van der Waals surface area contributed by atoms with Gasteiger partial charge in [-0.05, 0) is 90.4 Å². The zero-order valence-electron chi connectivity index (χ0n) is 24.9. The molecule has 0 radical (unpaired) electrons. The fraction of sp³-hybridized carbons (Fsp3) is 0.818. The number of esters is 1. The third-order valence-electron chi connectivity index (χ3n) is 14.1. The fourth-order valence-electron chi connectivity index (χ4n) is 11.6. The number of methoxy groups -OCH3 is 1. The molecule has 0 heterocycles. The molecule has 5 saturated carbocycles. The third kappa shape index (κ3) is 2.80. The highest BCUT2D eigenvalue weighted by Gasteiger charge is 2.80. The first-order chi connectivity index (χ1) is 17.9. The van der Waals surface area contributed by atoms with E-state index in [-0.39, 0.29) is 52.0 Å². The van der Waals surface area contributed by atoms with E-state index in [4.69, 9.17) is 4.74 Å². The zero-order chi connectivity index (χ0) is 28.8. The van der Waals surface area contributed by atoms with Crippen molar-refractivity contribution in [2.45, 2.75) is 99.5 Å². The number of aliphatic hydroxyl groups is 1. The Morgan fingerprint density at radius 3 is 2.28 bits per heavy atom. The van der Waals surface area contributed by atoms with Gasteiger partial charge >= 0.3 is 5.97 Å². The van der Waals surface area contributed by atoms with Crippen LogP contribution in [0.15, 0.2) is 11.6 Å². The standard InChI is InChI=1S/C33H45NO5/c1-27(2)14-18-24-19(35)13-21-29(5,30(24,6)11-12-32(18,16-23(27)36)26(38)39-8)10-9-20-28(3,4)25(37)33(17-34)15-22(33)31(20,21)7/h13,18,20,22-24,36H,9-12,14-16H2,1-8H3/t18-,20-,22+,23-,24-,29+,30+,31-,32+,33-/m0/s1. The van der Waals surface area contributed by atoms with Crippen LogP contribution in [0.1, 0.15) is 93.4 Å². The number of nitrogens with zero attached hydrogens (tertiary/aromatic N) is 1. The van der Waals surface area contributed by atoms with Gasteiger partial charge in [-0.3, -0.25) is 14.4 Å². The lowest BCUT2D eigenvalue weighted by molar-refractivity contribution is -0.205. The first-order valence-electron chi connectivity index (χ1n) is 14.9. The van der Waals surface area contributed by atoms with E-state index in [1.807, 2.05) is 33.8 Å². The van der Waals surface area contributed by atoms with E-state index in [0.29, 0.717) is 32.1 Å². The molecule has 10 atom stereocenters. The Balaban J connectivity index is 1.52. The summed E-state index contributed by atoms with van der Waals surface area (Å²) in [4.78, 5) is 41.6. The van der Waals surface area contributed by atoms with E-state index in [2.05, 4.69) is 26.8 Å². The van der Waals surface area contributed by atoms with Crippen molar-refractivity contribution < 1.29 is 24.2 Å². The summed E-state index contributed by atoms with van der Waals surface area (Å²) in [5.41, 5.74) is -2.76. The number of nitriles is 1. The highest BCUT2D eigenvalue weighted by atomic mass is 16.5. The number of ketones is 2. The molecule has 6 rings (SSSR count). The van der Waals surface area contributed by atoms with Crippen molar-refractivity contribution in [1.82, 2.24) is 0 Å². The Hall–Kier alpha value is -2.00. The van der Waals surface area contributed by atoms with Gasteiger partial charge in [0.1, 0.15) is 5.41 Å². The van der Waals surface area contributed by atoms with Crippen molar-refractivity contribution in [3.63, 3.8) is 0 Å². The molecule has 6 heteroatoms. The molecular formula is C33H45NO5. The van der Waals surface area contributed by atoms with Gasteiger partial charge in [-0.25, -0.2) is 0 Å². The summed E-state index contributed by atoms with van der Waals surface area (Å²) in [5.74, 6) is -0.653. The number of rotatable bonds is 1. The van der Waals surface area contributed by atoms with Gasteiger partial charge in [0.05, 0.1) is 24.7 Å². The van der Waals surface area contributed by atoms with Crippen molar-refractivity contribution in [2.75, 3.05) is 7.11 Å². The molecule has 6 aliphatic rings. The average molecular weight is 536 g/mol. The molecule has 0 aliphatic heterocycles. The Labute approximate surface area is 232 Å². The smallest absolute Gasteiger partial charge is 0.312 e. The molecule has 0 bridgehead atoms. The molecule has 0 unspecified atom stereocenters. The fourth-order valence-corrected chi connectivity index (χ4v) is 11.6. The van der Waals surface area contributed by atoms with E-state index in [0.717, 1.165) is 18.4 Å². The summed E-state index contributed by atoms with van der Waals surface area (Å²) in [5, 5.41) is 21.3. The number of ether oxygens (including phenoxy) is 1. The van der Waals surface area contributed by atoms with Crippen LogP contribution in [0, 0.1) is 72.9 Å². The van der Waals surface area contributed by atoms with E-state index in [9.17, 15) is 24.8 Å². The summed E-state index contributed by atoms with van der Waals surface area (Å²) >= 11 is 0. The van der Waals surface area contributed by atoms with Gasteiger partial charge in [0.25, 0.3) is 0 Å². The molecule has 212 valence electrons. The minimum absolute atomic E-state index is 0.0548. The van der Waals surface area contributed by atoms with Crippen LogP contribution in [0.25, 0.3) is 0 Å². The van der Waals surface area contributed by atoms with Crippen LogP contribution in [-0.2, 0) is 19.1 Å². The van der Waals surface area contributed by atoms with Gasteiger partial charge in [0.2, 0.25) is 0 Å². The number of allylic oxidation sites excluding steroid dienone is 2. The van der Waals surface area contributed by atoms with Crippen molar-refractivity contribution in [3.05, 3.63) is 11.6 Å². The number of carbonyl (C=O) groups is 3. The van der Waals surface area contributed by atoms with Crippen LogP contribution in [0.2, 0.25) is 0 Å². The molecule has 0 saturated heterocycles. The van der Waals surface area contributed by atoms with Crippen LogP contribution in [0.5, 0.6) is 0 Å². The Kier molecular flexibility index (Phi) is 5.18. The lowest BCUT2D eigenvalue weighted by Gasteiger charge is -2.69. The maximum Gasteiger partial charge on any atom is 0.312 e. The van der Waals surface area contributed by atoms with Gasteiger partial charge in [-0.2, -0.15) is 5.26 Å². The van der Waals surface area contributed by atoms with Crippen LogP contribution in [-0.4, -0.2) is 35.9 Å². The van der Waals surface area contributed by atoms with E-state index in [1.165, 1.54) is 7.11 Å². The largest absolute Gasteiger partial charge is 0.469 e. The minimum Gasteiger partial charge on any atom is -0.469 e. The molecule has 0 aromatic rings. The quantitative estimate of drug-likeness (QED) is 0.449. The second-order valence-electron chi connectivity index (χ2n) is 16.1.